The van der Waals surface area contributed by atoms with Crippen LogP contribution in [0.15, 0.2) is 54.9 Å². The van der Waals surface area contributed by atoms with Crippen molar-refractivity contribution < 1.29 is 29.1 Å². The second-order valence-electron chi connectivity index (χ2n) is 13.3. The van der Waals surface area contributed by atoms with Crippen LogP contribution >= 0.6 is 34.5 Å². The Balaban J connectivity index is 0.968. The van der Waals surface area contributed by atoms with Crippen LogP contribution in [0.25, 0.3) is 22.2 Å². The van der Waals surface area contributed by atoms with Crippen molar-refractivity contribution in [2.45, 2.75) is 25.9 Å². The summed E-state index contributed by atoms with van der Waals surface area (Å²) in [6, 6.07) is 7.25. The largest absolute Gasteiger partial charge is 0.387 e. The van der Waals surface area contributed by atoms with Gasteiger partial charge in [0.15, 0.2) is 0 Å². The van der Waals surface area contributed by atoms with Crippen molar-refractivity contribution in [1.82, 2.24) is 40.1 Å². The number of aliphatic hydroxyl groups excluding tert-OH is 1. The Labute approximate surface area is 331 Å². The third-order valence-electron chi connectivity index (χ3n) is 9.18. The highest BCUT2D eigenvalue weighted by molar-refractivity contribution is 7.16. The molecule has 2 aliphatic rings. The number of carbonyl (C=O) groups excluding carboxylic acids is 5. The SMILES string of the molecule is CN(C)CC=CC(=O)N1CCN(c2ccc(CCNC(=O)/C=C/NC(=O)Cn3ccc(-c4cc(Cl)c(Cl)c5[nH]c6c(c45)CN(C(=O)CO)CC6)n3)s2)C(=O)C1. The molecule has 0 radical (unpaired) electrons. The Morgan fingerprint density at radius 1 is 1.07 bits per heavy atom. The van der Waals surface area contributed by atoms with Crippen LogP contribution in [0, 0.1) is 0 Å². The van der Waals surface area contributed by atoms with Gasteiger partial charge in [-0.25, -0.2) is 0 Å². The number of H-pyrrole nitrogens is 1. The van der Waals surface area contributed by atoms with Gasteiger partial charge in [0.2, 0.25) is 29.5 Å². The fraction of sp³-hybridized carbons (Fsp3) is 0.351. The topological polar surface area (TPSA) is 176 Å². The maximum atomic E-state index is 12.8. The molecule has 0 unspecified atom stereocenters. The lowest BCUT2D eigenvalue weighted by molar-refractivity contribution is -0.135. The van der Waals surface area contributed by atoms with E-state index in [1.807, 2.05) is 31.1 Å². The van der Waals surface area contributed by atoms with Crippen LogP contribution in [0.4, 0.5) is 5.00 Å². The number of aromatic nitrogens is 3. The van der Waals surface area contributed by atoms with E-state index < -0.39 is 12.5 Å². The zero-order valence-corrected chi connectivity index (χ0v) is 32.6. The Morgan fingerprint density at radius 3 is 2.65 bits per heavy atom. The quantitative estimate of drug-likeness (QED) is 0.149. The molecule has 18 heteroatoms. The number of benzene rings is 1. The molecule has 0 bridgehead atoms. The summed E-state index contributed by atoms with van der Waals surface area (Å²) in [6.45, 7) is 1.92. The standard InChI is InChI=1S/C37H41Cl2N9O6S/c1-44(2)13-3-4-31(52)46-16-17-48(32(53)21-46)34-6-5-23(55-34)7-11-40-29(50)8-12-41-30(51)20-47-15-10-28(43-47)24-18-26(38)36(39)37-35(24)25-19-45(33(54)22-49)14-9-27(25)42-37/h3-6,8,10,12,15,18,42,49H,7,9,11,13-14,16-17,19-22H2,1-2H3,(H,40,50)(H,41,51)/b4-3?,12-8+. The van der Waals surface area contributed by atoms with Crippen LogP contribution in [-0.2, 0) is 49.9 Å². The molecule has 5 amide bonds. The number of hydrogen-bond acceptors (Lipinski definition) is 9. The highest BCUT2D eigenvalue weighted by Gasteiger charge is 2.29. The molecule has 55 heavy (non-hydrogen) atoms. The van der Waals surface area contributed by atoms with Gasteiger partial charge in [0.05, 0.1) is 26.3 Å². The molecule has 1 fully saturated rings. The summed E-state index contributed by atoms with van der Waals surface area (Å²) in [5.41, 5.74) is 3.65. The van der Waals surface area contributed by atoms with Gasteiger partial charge in [-0.2, -0.15) is 5.10 Å². The van der Waals surface area contributed by atoms with E-state index in [0.717, 1.165) is 26.5 Å². The number of halogens is 2. The fourth-order valence-electron chi connectivity index (χ4n) is 6.43. The van der Waals surface area contributed by atoms with Gasteiger partial charge in [-0.1, -0.05) is 29.3 Å². The van der Waals surface area contributed by atoms with E-state index in [1.165, 1.54) is 34.4 Å². The van der Waals surface area contributed by atoms with Crippen LogP contribution in [0.3, 0.4) is 0 Å². The van der Waals surface area contributed by atoms with Crippen molar-refractivity contribution in [3.63, 3.8) is 0 Å². The van der Waals surface area contributed by atoms with Crippen molar-refractivity contribution >= 4 is 80.0 Å². The fourth-order valence-corrected chi connectivity index (χ4v) is 7.88. The predicted octanol–water partition coefficient (Wildman–Crippen LogP) is 2.56. The Hall–Kier alpha value is -5.00. The summed E-state index contributed by atoms with van der Waals surface area (Å²) in [4.78, 5) is 73.7. The molecule has 290 valence electrons. The van der Waals surface area contributed by atoms with Gasteiger partial charge >= 0.3 is 0 Å². The number of likely N-dealkylation sites (N-methyl/N-ethyl adjacent to an activating group) is 1. The minimum Gasteiger partial charge on any atom is -0.387 e. The summed E-state index contributed by atoms with van der Waals surface area (Å²) >= 11 is 14.5. The average molecular weight is 811 g/mol. The second kappa shape index (κ2) is 17.6. The van der Waals surface area contributed by atoms with Crippen molar-refractivity contribution in [3.8, 4) is 11.3 Å². The molecule has 3 aromatic heterocycles. The predicted molar refractivity (Wildman–Crippen MR) is 211 cm³/mol. The molecular weight excluding hydrogens is 769 g/mol. The second-order valence-corrected chi connectivity index (χ2v) is 15.3. The molecule has 0 aliphatic carbocycles. The van der Waals surface area contributed by atoms with Gasteiger partial charge in [-0.15, -0.1) is 11.3 Å². The number of aliphatic hydroxyl groups is 1. The van der Waals surface area contributed by atoms with E-state index >= 15 is 0 Å². The summed E-state index contributed by atoms with van der Waals surface area (Å²) < 4.78 is 1.46. The van der Waals surface area contributed by atoms with Gasteiger partial charge in [0.25, 0.3) is 0 Å². The third-order valence-corrected chi connectivity index (χ3v) is 11.1. The number of aromatic amines is 1. The van der Waals surface area contributed by atoms with Gasteiger partial charge in [-0.3, -0.25) is 28.7 Å². The number of carbonyl (C=O) groups is 5. The van der Waals surface area contributed by atoms with Crippen molar-refractivity contribution in [2.24, 2.45) is 0 Å². The number of rotatable bonds is 13. The molecule has 2 aliphatic heterocycles. The number of amides is 5. The molecule has 1 aromatic carbocycles. The van der Waals surface area contributed by atoms with Crippen LogP contribution in [-0.4, -0.2) is 124 Å². The van der Waals surface area contributed by atoms with E-state index in [0.29, 0.717) is 78.9 Å². The van der Waals surface area contributed by atoms with Crippen LogP contribution in [0.1, 0.15) is 16.1 Å². The molecule has 0 saturated carbocycles. The smallest absolute Gasteiger partial charge is 0.248 e. The Bertz CT molecular complexity index is 2170. The molecule has 4 aromatic rings. The summed E-state index contributed by atoms with van der Waals surface area (Å²) in [6.07, 6.45) is 8.55. The lowest BCUT2D eigenvalue weighted by atomic mass is 9.99. The molecule has 15 nitrogen and oxygen atoms in total. The molecule has 1 saturated heterocycles. The number of anilines is 1. The molecule has 5 heterocycles. The third kappa shape index (κ3) is 9.45. The molecule has 4 N–H and O–H groups in total. The number of nitrogens with one attached hydrogen (secondary N) is 3. The summed E-state index contributed by atoms with van der Waals surface area (Å²) in [7, 11) is 3.83. The zero-order chi connectivity index (χ0) is 39.2. The van der Waals surface area contributed by atoms with Crippen LogP contribution in [0.2, 0.25) is 10.0 Å². The Morgan fingerprint density at radius 2 is 1.89 bits per heavy atom. The number of hydrogen-bond donors (Lipinski definition) is 4. The van der Waals surface area contributed by atoms with E-state index in [1.54, 1.807) is 39.1 Å². The van der Waals surface area contributed by atoms with E-state index in [2.05, 4.69) is 20.7 Å². The maximum absolute atomic E-state index is 12.8. The van der Waals surface area contributed by atoms with Gasteiger partial charge in [-0.05, 0) is 44.8 Å². The first-order chi connectivity index (χ1) is 26.4. The molecular formula is C37H41Cl2N9O6S. The van der Waals surface area contributed by atoms with E-state index in [9.17, 15) is 29.1 Å². The van der Waals surface area contributed by atoms with Crippen molar-refractivity contribution in [1.29, 1.82) is 0 Å². The van der Waals surface area contributed by atoms with Crippen molar-refractivity contribution in [2.75, 3.05) is 64.9 Å². The van der Waals surface area contributed by atoms with Crippen molar-refractivity contribution in [3.05, 3.63) is 81.1 Å². The first kappa shape index (κ1) is 39.7. The minimum atomic E-state index is -0.577. The van der Waals surface area contributed by atoms with E-state index in [-0.39, 0.29) is 36.7 Å². The summed E-state index contributed by atoms with van der Waals surface area (Å²) in [5.74, 6) is -1.46. The van der Waals surface area contributed by atoms with Crippen LogP contribution < -0.4 is 15.5 Å². The number of piperazine rings is 1. The number of thiophene rings is 1. The lowest BCUT2D eigenvalue weighted by Crippen LogP contribution is -2.51. The zero-order valence-electron chi connectivity index (χ0n) is 30.3. The molecule has 0 spiro atoms. The molecule has 0 atom stereocenters. The maximum Gasteiger partial charge on any atom is 0.248 e. The van der Waals surface area contributed by atoms with Gasteiger partial charge in [0, 0.05) is 97.3 Å². The van der Waals surface area contributed by atoms with Gasteiger partial charge in [0.1, 0.15) is 19.7 Å². The van der Waals surface area contributed by atoms with Crippen LogP contribution in [0.5, 0.6) is 0 Å². The minimum absolute atomic E-state index is 0.0228. The Kier molecular flexibility index (Phi) is 12.7. The number of nitrogens with zero attached hydrogens (tertiary/aromatic N) is 6. The number of fused-ring (bicyclic) bond motifs is 3. The first-order valence-electron chi connectivity index (χ1n) is 17.6. The lowest BCUT2D eigenvalue weighted by Gasteiger charge is -2.33. The first-order valence-corrected chi connectivity index (χ1v) is 19.2. The monoisotopic (exact) mass is 809 g/mol. The highest BCUT2D eigenvalue weighted by atomic mass is 35.5. The van der Waals surface area contributed by atoms with E-state index in [4.69, 9.17) is 23.2 Å². The average Bonchev–Trinajstić information content (AvgIpc) is 3.91. The summed E-state index contributed by atoms with van der Waals surface area (Å²) in [5, 5.41) is 21.6. The normalized spacial score (nSPS) is 14.8. The van der Waals surface area contributed by atoms with Gasteiger partial charge < -0.3 is 40.3 Å². The highest BCUT2D eigenvalue weighted by Crippen LogP contribution is 2.42. The molecule has 6 rings (SSSR count).